The van der Waals surface area contributed by atoms with Gasteiger partial charge in [0, 0.05) is 13.1 Å². The van der Waals surface area contributed by atoms with E-state index < -0.39 is 0 Å². The number of para-hydroxylation sites is 1. The number of amides is 1. The molecule has 110 valence electrons. The molecule has 1 aromatic rings. The third-order valence-corrected chi connectivity index (χ3v) is 3.52. The summed E-state index contributed by atoms with van der Waals surface area (Å²) in [4.78, 5) is 13.8. The van der Waals surface area contributed by atoms with Crippen LogP contribution in [0.25, 0.3) is 0 Å². The Morgan fingerprint density at radius 2 is 2.20 bits per heavy atom. The van der Waals surface area contributed by atoms with Crippen LogP contribution in [0.2, 0.25) is 0 Å². The van der Waals surface area contributed by atoms with E-state index in [0.29, 0.717) is 30.5 Å². The van der Waals surface area contributed by atoms with E-state index in [1.54, 1.807) is 12.0 Å². The highest BCUT2D eigenvalue weighted by Gasteiger charge is 2.29. The molecule has 0 saturated heterocycles. The first-order chi connectivity index (χ1) is 9.67. The average Bonchev–Trinajstić information content (AvgIpc) is 3.29. The van der Waals surface area contributed by atoms with E-state index in [9.17, 15) is 4.79 Å². The number of rotatable bonds is 7. The third-order valence-electron chi connectivity index (χ3n) is 3.52. The fourth-order valence-electron chi connectivity index (χ4n) is 2.14. The van der Waals surface area contributed by atoms with Crippen LogP contribution in [0.15, 0.2) is 18.2 Å². The number of nitrogens with zero attached hydrogens (tertiary/aromatic N) is 1. The Hall–Kier alpha value is -1.75. The van der Waals surface area contributed by atoms with Gasteiger partial charge in [0.15, 0.2) is 18.1 Å². The Balaban J connectivity index is 2.04. The molecule has 5 nitrogen and oxygen atoms in total. The minimum atomic E-state index is -0.00268. The van der Waals surface area contributed by atoms with Crippen LogP contribution in [0.4, 0.5) is 0 Å². The van der Waals surface area contributed by atoms with Gasteiger partial charge in [0.1, 0.15) is 0 Å². The Kier molecular flexibility index (Phi) is 4.84. The Morgan fingerprint density at radius 3 is 2.80 bits per heavy atom. The Labute approximate surface area is 119 Å². The van der Waals surface area contributed by atoms with Crippen LogP contribution in [0, 0.1) is 0 Å². The van der Waals surface area contributed by atoms with E-state index in [1.807, 2.05) is 25.2 Å². The first-order valence-electron chi connectivity index (χ1n) is 6.91. The molecule has 1 aliphatic carbocycles. The maximum atomic E-state index is 12.0. The Morgan fingerprint density at radius 1 is 1.45 bits per heavy atom. The summed E-state index contributed by atoms with van der Waals surface area (Å²) in [5, 5.41) is 0. The number of benzene rings is 1. The molecule has 0 radical (unpaired) electrons. The second kappa shape index (κ2) is 6.61. The zero-order valence-corrected chi connectivity index (χ0v) is 12.1. The van der Waals surface area contributed by atoms with Crippen molar-refractivity contribution in [2.24, 2.45) is 5.73 Å². The van der Waals surface area contributed by atoms with Gasteiger partial charge in [0.2, 0.25) is 0 Å². The van der Waals surface area contributed by atoms with Gasteiger partial charge in [-0.05, 0) is 37.4 Å². The van der Waals surface area contributed by atoms with Crippen LogP contribution in [0.5, 0.6) is 11.5 Å². The summed E-state index contributed by atoms with van der Waals surface area (Å²) in [5.74, 6) is 1.26. The lowest BCUT2D eigenvalue weighted by Crippen LogP contribution is -2.33. The van der Waals surface area contributed by atoms with Crippen molar-refractivity contribution in [3.05, 3.63) is 23.8 Å². The highest BCUT2D eigenvalue weighted by molar-refractivity contribution is 5.78. The number of likely N-dealkylation sites (N-methyl/N-ethyl adjacent to an activating group) is 1. The molecule has 0 heterocycles. The largest absolute Gasteiger partial charge is 0.493 e. The number of hydrogen-bond donors (Lipinski definition) is 1. The minimum absolute atomic E-state index is 0.00268. The Bertz CT molecular complexity index is 472. The third kappa shape index (κ3) is 3.42. The van der Waals surface area contributed by atoms with Crippen LogP contribution in [0.1, 0.15) is 18.4 Å². The van der Waals surface area contributed by atoms with Gasteiger partial charge in [-0.3, -0.25) is 4.79 Å². The number of carbonyl (C=O) groups excluding carboxylic acids is 1. The van der Waals surface area contributed by atoms with Crippen LogP contribution in [0.3, 0.4) is 0 Å². The molecular weight excluding hydrogens is 256 g/mol. The predicted octanol–water partition coefficient (Wildman–Crippen LogP) is 1.20. The molecular formula is C15H22N2O3. The molecule has 2 N–H and O–H groups in total. The van der Waals surface area contributed by atoms with Crippen molar-refractivity contribution in [2.75, 3.05) is 27.3 Å². The lowest BCUT2D eigenvalue weighted by molar-refractivity contribution is -0.132. The maximum absolute atomic E-state index is 12.0. The van der Waals surface area contributed by atoms with E-state index in [-0.39, 0.29) is 12.5 Å². The molecule has 1 aromatic carbocycles. The van der Waals surface area contributed by atoms with Crippen LogP contribution in [-0.4, -0.2) is 44.2 Å². The van der Waals surface area contributed by atoms with E-state index >= 15 is 0 Å². The molecule has 20 heavy (non-hydrogen) atoms. The minimum Gasteiger partial charge on any atom is -0.493 e. The monoisotopic (exact) mass is 278 g/mol. The SMILES string of the molecule is COc1cccc(CCN)c1OCC(=O)N(C)C1CC1. The molecule has 0 bridgehead atoms. The molecule has 1 aliphatic rings. The zero-order chi connectivity index (χ0) is 14.5. The van der Waals surface area contributed by atoms with Gasteiger partial charge < -0.3 is 20.1 Å². The number of carbonyl (C=O) groups is 1. The fourth-order valence-corrected chi connectivity index (χ4v) is 2.14. The second-order valence-corrected chi connectivity index (χ2v) is 5.01. The number of hydrogen-bond acceptors (Lipinski definition) is 4. The van der Waals surface area contributed by atoms with E-state index in [1.165, 1.54) is 0 Å². The van der Waals surface area contributed by atoms with Gasteiger partial charge in [0.25, 0.3) is 5.91 Å². The molecule has 0 unspecified atom stereocenters. The fraction of sp³-hybridized carbons (Fsp3) is 0.533. The number of nitrogens with two attached hydrogens (primary N) is 1. The summed E-state index contributed by atoms with van der Waals surface area (Å²) in [6, 6.07) is 6.06. The van der Waals surface area contributed by atoms with Crippen LogP contribution < -0.4 is 15.2 Å². The van der Waals surface area contributed by atoms with Crippen LogP contribution >= 0.6 is 0 Å². The molecule has 1 fully saturated rings. The molecule has 0 spiro atoms. The van der Waals surface area contributed by atoms with Crippen molar-refractivity contribution in [1.82, 2.24) is 4.90 Å². The summed E-state index contributed by atoms with van der Waals surface area (Å²) in [7, 11) is 3.42. The lowest BCUT2D eigenvalue weighted by Gasteiger charge is -2.18. The van der Waals surface area contributed by atoms with E-state index in [4.69, 9.17) is 15.2 Å². The highest BCUT2D eigenvalue weighted by atomic mass is 16.5. The summed E-state index contributed by atoms with van der Waals surface area (Å²) < 4.78 is 11.0. The summed E-state index contributed by atoms with van der Waals surface area (Å²) in [5.41, 5.74) is 6.57. The van der Waals surface area contributed by atoms with E-state index in [0.717, 1.165) is 18.4 Å². The van der Waals surface area contributed by atoms with Gasteiger partial charge in [0.05, 0.1) is 7.11 Å². The topological polar surface area (TPSA) is 64.8 Å². The summed E-state index contributed by atoms with van der Waals surface area (Å²) >= 11 is 0. The summed E-state index contributed by atoms with van der Waals surface area (Å²) in [6.07, 6.45) is 2.88. The molecule has 5 heteroatoms. The number of ether oxygens (including phenoxy) is 2. The molecule has 2 rings (SSSR count). The molecule has 0 atom stereocenters. The normalized spacial score (nSPS) is 13.9. The highest BCUT2D eigenvalue weighted by Crippen LogP contribution is 2.31. The zero-order valence-electron chi connectivity index (χ0n) is 12.1. The number of methoxy groups -OCH3 is 1. The lowest BCUT2D eigenvalue weighted by atomic mass is 10.1. The first kappa shape index (κ1) is 14.7. The average molecular weight is 278 g/mol. The summed E-state index contributed by atoms with van der Waals surface area (Å²) in [6.45, 7) is 0.560. The van der Waals surface area contributed by atoms with Crippen molar-refractivity contribution in [3.8, 4) is 11.5 Å². The molecule has 0 aromatic heterocycles. The predicted molar refractivity (Wildman–Crippen MR) is 77.0 cm³/mol. The van der Waals surface area contributed by atoms with Gasteiger partial charge in [-0.1, -0.05) is 12.1 Å². The van der Waals surface area contributed by atoms with Crippen LogP contribution in [-0.2, 0) is 11.2 Å². The van der Waals surface area contributed by atoms with Crippen molar-refractivity contribution in [2.45, 2.75) is 25.3 Å². The van der Waals surface area contributed by atoms with Crippen molar-refractivity contribution >= 4 is 5.91 Å². The maximum Gasteiger partial charge on any atom is 0.260 e. The smallest absolute Gasteiger partial charge is 0.260 e. The molecule has 0 aliphatic heterocycles. The van der Waals surface area contributed by atoms with Crippen molar-refractivity contribution < 1.29 is 14.3 Å². The van der Waals surface area contributed by atoms with Gasteiger partial charge in [-0.15, -0.1) is 0 Å². The quantitative estimate of drug-likeness (QED) is 0.814. The molecule has 1 amide bonds. The van der Waals surface area contributed by atoms with Gasteiger partial charge in [-0.2, -0.15) is 0 Å². The van der Waals surface area contributed by atoms with E-state index in [2.05, 4.69) is 0 Å². The van der Waals surface area contributed by atoms with Gasteiger partial charge in [-0.25, -0.2) is 0 Å². The second-order valence-electron chi connectivity index (χ2n) is 5.01. The first-order valence-corrected chi connectivity index (χ1v) is 6.91. The standard InChI is InChI=1S/C15H22N2O3/c1-17(12-6-7-12)14(18)10-20-15-11(8-9-16)4-3-5-13(15)19-2/h3-5,12H,6-10,16H2,1-2H3. The van der Waals surface area contributed by atoms with Gasteiger partial charge >= 0.3 is 0 Å². The van der Waals surface area contributed by atoms with Crippen molar-refractivity contribution in [1.29, 1.82) is 0 Å². The van der Waals surface area contributed by atoms with Crippen molar-refractivity contribution in [3.63, 3.8) is 0 Å². The molecule has 1 saturated carbocycles.